The number of likely N-dealkylation sites (N-methyl/N-ethyl adjacent to an activating group) is 1. The van der Waals surface area contributed by atoms with Crippen molar-refractivity contribution in [2.24, 2.45) is 0 Å². The number of carboxylic acids is 1. The number of aliphatic carboxylic acids is 1. The van der Waals surface area contributed by atoms with Crippen molar-refractivity contribution in [1.29, 1.82) is 0 Å². The number of esters is 2. The third kappa shape index (κ3) is 66.5. The Kier molecular flexibility index (Phi) is 61.4. The molecule has 0 aromatic rings. The molecule has 2 atom stereocenters. The molecule has 0 radical (unpaired) electrons. The third-order valence-corrected chi connectivity index (χ3v) is 14.1. The molecule has 0 rings (SSSR count). The first kappa shape index (κ1) is 80.2. The molecule has 1 N–H and O–H groups in total. The van der Waals surface area contributed by atoms with Crippen molar-refractivity contribution in [2.75, 3.05) is 47.5 Å². The van der Waals surface area contributed by atoms with Crippen LogP contribution in [0.2, 0.25) is 0 Å². The summed E-state index contributed by atoms with van der Waals surface area (Å²) in [4.78, 5) is 37.5. The van der Waals surface area contributed by atoms with Crippen molar-refractivity contribution in [2.45, 2.75) is 270 Å². The van der Waals surface area contributed by atoms with E-state index in [1.54, 1.807) is 0 Å². The molecule has 0 amide bonds. The summed E-state index contributed by atoms with van der Waals surface area (Å²) < 4.78 is 22.9. The summed E-state index contributed by atoms with van der Waals surface area (Å²) in [5, 5.41) is 9.73. The van der Waals surface area contributed by atoms with Crippen molar-refractivity contribution in [3.8, 4) is 0 Å². The Morgan fingerprint density at radius 2 is 0.635 bits per heavy atom. The number of carboxylic acid groups (broad SMARTS) is 1. The van der Waals surface area contributed by atoms with Crippen molar-refractivity contribution >= 4 is 17.9 Å². The zero-order chi connectivity index (χ0) is 61.9. The van der Waals surface area contributed by atoms with Crippen LogP contribution in [0.25, 0.3) is 0 Å². The molecule has 0 saturated heterocycles. The fraction of sp³-hybridized carbons (Fsp3) is 0.645. The predicted molar refractivity (Wildman–Crippen MR) is 364 cm³/mol. The molecule has 482 valence electrons. The van der Waals surface area contributed by atoms with E-state index in [-0.39, 0.29) is 38.6 Å². The summed E-state index contributed by atoms with van der Waals surface area (Å²) in [6.07, 6.45) is 92.5. The minimum atomic E-state index is -1.53. The summed E-state index contributed by atoms with van der Waals surface area (Å²) >= 11 is 0. The van der Waals surface area contributed by atoms with Crippen LogP contribution >= 0.6 is 0 Å². The van der Waals surface area contributed by atoms with Crippen molar-refractivity contribution in [1.82, 2.24) is 0 Å². The molecule has 0 fully saturated rings. The number of rotatable bonds is 61. The molecule has 0 aliphatic heterocycles. The maximum atomic E-state index is 12.9. The number of allylic oxidation sites excluding steroid dienone is 24. The summed E-state index contributed by atoms with van der Waals surface area (Å²) in [6, 6.07) is 0. The summed E-state index contributed by atoms with van der Waals surface area (Å²) in [5.74, 6) is -2.07. The van der Waals surface area contributed by atoms with E-state index in [1.807, 2.05) is 21.1 Å². The highest BCUT2D eigenvalue weighted by Gasteiger charge is 2.25. The number of quaternary nitrogens is 1. The molecule has 0 spiro atoms. The largest absolute Gasteiger partial charge is 0.477 e. The van der Waals surface area contributed by atoms with Gasteiger partial charge in [-0.3, -0.25) is 9.59 Å². The van der Waals surface area contributed by atoms with Gasteiger partial charge in [0.1, 0.15) is 13.2 Å². The minimum absolute atomic E-state index is 0.175. The van der Waals surface area contributed by atoms with Crippen LogP contribution in [0.15, 0.2) is 146 Å². The van der Waals surface area contributed by atoms with E-state index < -0.39 is 24.3 Å². The number of ether oxygens (including phenoxy) is 4. The van der Waals surface area contributed by atoms with E-state index >= 15 is 0 Å². The van der Waals surface area contributed by atoms with Crippen LogP contribution in [-0.2, 0) is 33.3 Å². The van der Waals surface area contributed by atoms with Gasteiger partial charge in [-0.15, -0.1) is 0 Å². The smallest absolute Gasteiger partial charge is 0.361 e. The fourth-order valence-corrected chi connectivity index (χ4v) is 8.96. The van der Waals surface area contributed by atoms with Crippen LogP contribution in [0.3, 0.4) is 0 Å². The average molecular weight is 1180 g/mol. The second-order valence-electron chi connectivity index (χ2n) is 23.4. The van der Waals surface area contributed by atoms with Crippen molar-refractivity contribution in [3.63, 3.8) is 0 Å². The lowest BCUT2D eigenvalue weighted by atomic mass is 10.0. The molecule has 9 heteroatoms. The quantitative estimate of drug-likeness (QED) is 0.0211. The highest BCUT2D eigenvalue weighted by Crippen LogP contribution is 2.17. The van der Waals surface area contributed by atoms with Crippen molar-refractivity contribution in [3.05, 3.63) is 146 Å². The summed E-state index contributed by atoms with van der Waals surface area (Å²) in [5.41, 5.74) is 0. The maximum Gasteiger partial charge on any atom is 0.361 e. The third-order valence-electron chi connectivity index (χ3n) is 14.1. The zero-order valence-electron chi connectivity index (χ0n) is 55.0. The Hall–Kier alpha value is -4.83. The van der Waals surface area contributed by atoms with Crippen LogP contribution in [0.5, 0.6) is 0 Å². The van der Waals surface area contributed by atoms with Gasteiger partial charge in [-0.2, -0.15) is 0 Å². The number of hydrogen-bond acceptors (Lipinski definition) is 7. The molecule has 0 aromatic heterocycles. The molecule has 0 aromatic carbocycles. The van der Waals surface area contributed by atoms with Gasteiger partial charge in [0, 0.05) is 12.8 Å². The Morgan fingerprint density at radius 3 is 0.965 bits per heavy atom. The first-order chi connectivity index (χ1) is 41.6. The van der Waals surface area contributed by atoms with Crippen LogP contribution in [0.1, 0.15) is 258 Å². The van der Waals surface area contributed by atoms with Gasteiger partial charge in [0.25, 0.3) is 6.29 Å². The van der Waals surface area contributed by atoms with Gasteiger partial charge in [-0.25, -0.2) is 4.79 Å². The molecule has 0 saturated carbocycles. The Labute approximate surface area is 522 Å². The molecule has 0 aliphatic carbocycles. The topological polar surface area (TPSA) is 108 Å². The standard InChI is InChI=1S/C76H125NO8/c1-6-8-10-12-14-16-18-20-22-24-26-28-29-30-31-32-33-34-35-36-37-38-39-40-41-42-43-44-45-47-49-51-53-55-57-59-61-63-65-67-74(79)85-72(71-84-76(75(80)81)82-69-68-77(3,4)5)70-83-73(78)66-64-62-60-58-56-54-52-50-48-46-27-25-23-21-19-17-15-13-11-9-7-2/h8-11,14-17,20-23,26-28,30-31,33-34,46,50,52,56,58,72,76H,6-7,12-13,18-19,24-25,29,32,35-45,47-49,51,53-55,57,59-71H2,1-5H3/p+1/b10-8-,11-9-,16-14-,17-15-,22-20-,23-21-,28-26-,31-30-,34-33-,46-27-,52-50-,58-56-. The van der Waals surface area contributed by atoms with E-state index in [9.17, 15) is 19.5 Å². The Morgan fingerprint density at radius 1 is 0.353 bits per heavy atom. The normalized spacial score (nSPS) is 13.7. The minimum Gasteiger partial charge on any atom is -0.477 e. The second-order valence-corrected chi connectivity index (χ2v) is 23.4. The molecule has 0 bridgehead atoms. The lowest BCUT2D eigenvalue weighted by Gasteiger charge is -2.25. The average Bonchev–Trinajstić information content (AvgIpc) is 3.49. The number of hydrogen-bond donors (Lipinski definition) is 1. The molecule has 0 heterocycles. The molecular formula is C76H126NO8+. The fourth-order valence-electron chi connectivity index (χ4n) is 8.96. The van der Waals surface area contributed by atoms with Gasteiger partial charge in [-0.05, 0) is 116 Å². The number of carbonyl (C=O) groups is 3. The van der Waals surface area contributed by atoms with Crippen molar-refractivity contribution < 1.29 is 42.9 Å². The monoisotopic (exact) mass is 1180 g/mol. The van der Waals surface area contributed by atoms with Gasteiger partial charge in [-0.1, -0.05) is 275 Å². The molecule has 2 unspecified atom stereocenters. The SMILES string of the molecule is CC/C=C\C/C=C\C/C=C\C/C=C\C/C=C\C/C=C\CCCCCCCCCCCCCCCCCCCCCCC(=O)OC(COC(=O)CCCC/C=C\C/C=C\C/C=C\C/C=C\C/C=C\C/C=C\CC)COC(OCC[N+](C)(C)C)C(=O)O. The maximum absolute atomic E-state index is 12.9. The van der Waals surface area contributed by atoms with Crippen LogP contribution < -0.4 is 0 Å². The zero-order valence-corrected chi connectivity index (χ0v) is 55.0. The second kappa shape index (κ2) is 65.2. The first-order valence-electron chi connectivity index (χ1n) is 34.0. The molecular weight excluding hydrogens is 1050 g/mol. The van der Waals surface area contributed by atoms with Gasteiger partial charge in [0.05, 0.1) is 34.4 Å². The lowest BCUT2D eigenvalue weighted by Crippen LogP contribution is -2.40. The lowest BCUT2D eigenvalue weighted by molar-refractivity contribution is -0.870. The van der Waals surface area contributed by atoms with Gasteiger partial charge in [0.15, 0.2) is 6.10 Å². The van der Waals surface area contributed by atoms with Gasteiger partial charge in [0.2, 0.25) is 0 Å². The number of nitrogens with zero attached hydrogens (tertiary/aromatic N) is 1. The van der Waals surface area contributed by atoms with Crippen LogP contribution in [-0.4, -0.2) is 87.4 Å². The highest BCUT2D eigenvalue weighted by atomic mass is 16.7. The van der Waals surface area contributed by atoms with E-state index in [1.165, 1.54) is 109 Å². The highest BCUT2D eigenvalue weighted by molar-refractivity contribution is 5.71. The van der Waals surface area contributed by atoms with Gasteiger partial charge >= 0.3 is 17.9 Å². The Balaban J connectivity index is 4.11. The first-order valence-corrected chi connectivity index (χ1v) is 34.0. The van der Waals surface area contributed by atoms with Crippen LogP contribution in [0.4, 0.5) is 0 Å². The van der Waals surface area contributed by atoms with E-state index in [2.05, 4.69) is 160 Å². The number of unbranched alkanes of at least 4 members (excludes halogenated alkanes) is 22. The summed E-state index contributed by atoms with van der Waals surface area (Å²) in [6.45, 7) is 4.60. The van der Waals surface area contributed by atoms with E-state index in [4.69, 9.17) is 18.9 Å². The molecule has 0 aliphatic rings. The van der Waals surface area contributed by atoms with Crippen LogP contribution in [0, 0.1) is 0 Å². The van der Waals surface area contributed by atoms with E-state index in [0.717, 1.165) is 109 Å². The van der Waals surface area contributed by atoms with E-state index in [0.29, 0.717) is 23.9 Å². The molecule has 85 heavy (non-hydrogen) atoms. The Bertz CT molecular complexity index is 1900. The number of carbonyl (C=O) groups excluding carboxylic acids is 2. The molecule has 9 nitrogen and oxygen atoms in total. The summed E-state index contributed by atoms with van der Waals surface area (Å²) in [7, 11) is 5.95. The van der Waals surface area contributed by atoms with Gasteiger partial charge < -0.3 is 28.5 Å². The predicted octanol–water partition coefficient (Wildman–Crippen LogP) is 21.1.